The van der Waals surface area contributed by atoms with Gasteiger partial charge in [0.1, 0.15) is 11.4 Å². The molecule has 1 aliphatic carbocycles. The second-order valence-electron chi connectivity index (χ2n) is 8.27. The van der Waals surface area contributed by atoms with Gasteiger partial charge in [-0.1, -0.05) is 25.1 Å². The molecule has 1 aromatic rings. The largest absolute Gasteiger partial charge is 0.485 e. The van der Waals surface area contributed by atoms with Crippen LogP contribution in [0.15, 0.2) is 24.3 Å². The highest BCUT2D eigenvalue weighted by molar-refractivity contribution is 5.76. The van der Waals surface area contributed by atoms with Crippen LogP contribution >= 0.6 is 0 Å². The third kappa shape index (κ3) is 4.14. The number of para-hydroxylation sites is 1. The number of morpholine rings is 1. The Morgan fingerprint density at radius 3 is 2.67 bits per heavy atom. The predicted molar refractivity (Wildman–Crippen MR) is 105 cm³/mol. The van der Waals surface area contributed by atoms with Crippen molar-refractivity contribution in [1.82, 2.24) is 9.80 Å². The molecular formula is C22H32N2O3. The molecule has 3 aliphatic rings. The summed E-state index contributed by atoms with van der Waals surface area (Å²) in [7, 11) is 0. The van der Waals surface area contributed by atoms with Crippen LogP contribution in [0.2, 0.25) is 0 Å². The van der Waals surface area contributed by atoms with E-state index in [1.807, 2.05) is 17.0 Å². The van der Waals surface area contributed by atoms with Gasteiger partial charge < -0.3 is 14.4 Å². The summed E-state index contributed by atoms with van der Waals surface area (Å²) < 4.78 is 12.2. The first-order valence-corrected chi connectivity index (χ1v) is 10.6. The van der Waals surface area contributed by atoms with Crippen LogP contribution in [0.1, 0.15) is 51.0 Å². The average molecular weight is 373 g/mol. The number of carbonyl (C=O) groups excluding carboxylic acids is 1. The third-order valence-corrected chi connectivity index (χ3v) is 6.38. The molecule has 0 unspecified atom stereocenters. The van der Waals surface area contributed by atoms with E-state index in [-0.39, 0.29) is 11.5 Å². The number of hydrogen-bond acceptors (Lipinski definition) is 4. The molecule has 4 rings (SSSR count). The van der Waals surface area contributed by atoms with Crippen molar-refractivity contribution in [3.63, 3.8) is 0 Å². The van der Waals surface area contributed by atoms with E-state index in [2.05, 4.69) is 24.0 Å². The van der Waals surface area contributed by atoms with Gasteiger partial charge in [0, 0.05) is 37.7 Å². The standard InChI is InChI=1S/C22H32N2O3/c1-2-5-21(25)24-16-18-6-3-4-7-20(18)27-22(17-24)10-8-19(9-11-22)23-12-14-26-15-13-23/h3-4,6-7,19H,2,5,8-17H2,1H3. The van der Waals surface area contributed by atoms with Gasteiger partial charge in [0.2, 0.25) is 5.91 Å². The Morgan fingerprint density at radius 2 is 1.93 bits per heavy atom. The van der Waals surface area contributed by atoms with Gasteiger partial charge in [-0.05, 0) is 38.2 Å². The number of fused-ring (bicyclic) bond motifs is 1. The van der Waals surface area contributed by atoms with Crippen LogP contribution in [-0.4, -0.2) is 60.2 Å². The van der Waals surface area contributed by atoms with Crippen LogP contribution in [0.25, 0.3) is 0 Å². The number of benzene rings is 1. The van der Waals surface area contributed by atoms with Crippen molar-refractivity contribution in [2.75, 3.05) is 32.8 Å². The normalized spacial score (nSPS) is 29.1. The molecule has 1 saturated heterocycles. The van der Waals surface area contributed by atoms with E-state index in [1.54, 1.807) is 0 Å². The van der Waals surface area contributed by atoms with Gasteiger partial charge in [0.15, 0.2) is 0 Å². The number of nitrogens with zero attached hydrogens (tertiary/aromatic N) is 2. The molecule has 148 valence electrons. The average Bonchev–Trinajstić information content (AvgIpc) is 2.86. The molecule has 0 N–H and O–H groups in total. The van der Waals surface area contributed by atoms with E-state index in [1.165, 1.54) is 0 Å². The fraction of sp³-hybridized carbons (Fsp3) is 0.682. The summed E-state index contributed by atoms with van der Waals surface area (Å²) in [6.07, 6.45) is 5.81. The summed E-state index contributed by atoms with van der Waals surface area (Å²) in [6.45, 7) is 7.25. The molecule has 2 fully saturated rings. The maximum atomic E-state index is 12.7. The summed E-state index contributed by atoms with van der Waals surface area (Å²) in [5.41, 5.74) is 0.896. The Hall–Kier alpha value is -1.59. The van der Waals surface area contributed by atoms with Crippen LogP contribution in [0.5, 0.6) is 5.75 Å². The monoisotopic (exact) mass is 372 g/mol. The van der Waals surface area contributed by atoms with E-state index < -0.39 is 0 Å². The molecule has 5 nitrogen and oxygen atoms in total. The zero-order valence-electron chi connectivity index (χ0n) is 16.5. The van der Waals surface area contributed by atoms with Crippen molar-refractivity contribution in [1.29, 1.82) is 0 Å². The molecular weight excluding hydrogens is 340 g/mol. The molecule has 1 amide bonds. The van der Waals surface area contributed by atoms with Crippen LogP contribution < -0.4 is 4.74 Å². The second kappa shape index (κ2) is 8.19. The van der Waals surface area contributed by atoms with Crippen LogP contribution in [-0.2, 0) is 16.1 Å². The fourth-order valence-electron chi connectivity index (χ4n) is 4.85. The Morgan fingerprint density at radius 1 is 1.19 bits per heavy atom. The van der Waals surface area contributed by atoms with Crippen molar-refractivity contribution in [3.05, 3.63) is 29.8 Å². The first-order chi connectivity index (χ1) is 13.2. The molecule has 2 aliphatic heterocycles. The van der Waals surface area contributed by atoms with Crippen LogP contribution in [0.3, 0.4) is 0 Å². The van der Waals surface area contributed by atoms with Crippen molar-refractivity contribution >= 4 is 5.91 Å². The second-order valence-corrected chi connectivity index (χ2v) is 8.27. The quantitative estimate of drug-likeness (QED) is 0.817. The minimum Gasteiger partial charge on any atom is -0.485 e. The number of rotatable bonds is 3. The Kier molecular flexibility index (Phi) is 5.69. The Bertz CT molecular complexity index is 649. The first-order valence-electron chi connectivity index (χ1n) is 10.6. The van der Waals surface area contributed by atoms with Crippen molar-refractivity contribution in [2.24, 2.45) is 0 Å². The summed E-state index contributed by atoms with van der Waals surface area (Å²) in [5, 5.41) is 0. The highest BCUT2D eigenvalue weighted by Crippen LogP contribution is 2.39. The lowest BCUT2D eigenvalue weighted by atomic mass is 9.80. The van der Waals surface area contributed by atoms with Crippen LogP contribution in [0.4, 0.5) is 0 Å². The number of amides is 1. The van der Waals surface area contributed by atoms with Gasteiger partial charge in [-0.15, -0.1) is 0 Å². The van der Waals surface area contributed by atoms with E-state index >= 15 is 0 Å². The summed E-state index contributed by atoms with van der Waals surface area (Å²) in [4.78, 5) is 17.4. The lowest BCUT2D eigenvalue weighted by molar-refractivity contribution is -0.135. The summed E-state index contributed by atoms with van der Waals surface area (Å²) >= 11 is 0. The molecule has 0 aromatic heterocycles. The van der Waals surface area contributed by atoms with E-state index in [0.29, 0.717) is 19.0 Å². The molecule has 0 bridgehead atoms. The van der Waals surface area contributed by atoms with Gasteiger partial charge in [-0.2, -0.15) is 0 Å². The van der Waals surface area contributed by atoms with Gasteiger partial charge in [0.05, 0.1) is 19.8 Å². The minimum atomic E-state index is -0.237. The smallest absolute Gasteiger partial charge is 0.222 e. The van der Waals surface area contributed by atoms with Gasteiger partial charge in [-0.3, -0.25) is 9.69 Å². The van der Waals surface area contributed by atoms with Gasteiger partial charge in [-0.25, -0.2) is 0 Å². The number of carbonyl (C=O) groups is 1. The van der Waals surface area contributed by atoms with E-state index in [0.717, 1.165) is 76.3 Å². The zero-order valence-corrected chi connectivity index (χ0v) is 16.5. The number of hydrogen-bond donors (Lipinski definition) is 0. The zero-order chi connectivity index (χ0) is 18.7. The van der Waals surface area contributed by atoms with Crippen molar-refractivity contribution in [3.8, 4) is 5.75 Å². The molecule has 1 aromatic carbocycles. The van der Waals surface area contributed by atoms with E-state index in [9.17, 15) is 4.79 Å². The SMILES string of the molecule is CCCC(=O)N1Cc2ccccc2OC2(CCC(N3CCOCC3)CC2)C1. The third-order valence-electron chi connectivity index (χ3n) is 6.38. The molecule has 1 spiro atoms. The Balaban J connectivity index is 1.51. The number of ether oxygens (including phenoxy) is 2. The van der Waals surface area contributed by atoms with E-state index in [4.69, 9.17) is 9.47 Å². The Labute approximate surface area is 162 Å². The van der Waals surface area contributed by atoms with Gasteiger partial charge in [0.25, 0.3) is 0 Å². The highest BCUT2D eigenvalue weighted by Gasteiger charge is 2.43. The molecule has 2 heterocycles. The highest BCUT2D eigenvalue weighted by atomic mass is 16.5. The van der Waals surface area contributed by atoms with Crippen molar-refractivity contribution in [2.45, 2.75) is 63.6 Å². The predicted octanol–water partition coefficient (Wildman–Crippen LogP) is 3.22. The molecule has 0 radical (unpaired) electrons. The lowest BCUT2D eigenvalue weighted by Gasteiger charge is -2.45. The molecule has 27 heavy (non-hydrogen) atoms. The molecule has 1 saturated carbocycles. The lowest BCUT2D eigenvalue weighted by Crippen LogP contribution is -2.53. The summed E-state index contributed by atoms with van der Waals surface area (Å²) in [6, 6.07) is 8.87. The topological polar surface area (TPSA) is 42.0 Å². The maximum absolute atomic E-state index is 12.7. The minimum absolute atomic E-state index is 0.237. The maximum Gasteiger partial charge on any atom is 0.222 e. The van der Waals surface area contributed by atoms with Gasteiger partial charge >= 0.3 is 0 Å². The fourth-order valence-corrected chi connectivity index (χ4v) is 4.85. The summed E-state index contributed by atoms with van der Waals surface area (Å²) in [5.74, 6) is 1.22. The van der Waals surface area contributed by atoms with Crippen LogP contribution in [0, 0.1) is 0 Å². The molecule has 0 atom stereocenters. The first kappa shape index (κ1) is 18.8. The van der Waals surface area contributed by atoms with Crippen molar-refractivity contribution < 1.29 is 14.3 Å². The molecule has 5 heteroatoms.